The number of hydrogen-bond donors (Lipinski definition) is 4. The van der Waals surface area contributed by atoms with Crippen molar-refractivity contribution in [3.8, 4) is 0 Å². The zero-order valence-corrected chi connectivity index (χ0v) is 41.2. The minimum Gasteiger partial charge on any atom is -0.351 e. The van der Waals surface area contributed by atoms with Gasteiger partial charge in [-0.1, -0.05) is 30.2 Å². The number of hydrogen-bond acceptors (Lipinski definition) is 11. The summed E-state index contributed by atoms with van der Waals surface area (Å²) in [5.41, 5.74) is 1.83. The molecular weight excluding hydrogens is 877 g/mol. The van der Waals surface area contributed by atoms with Gasteiger partial charge in [-0.25, -0.2) is 0 Å². The van der Waals surface area contributed by atoms with Gasteiger partial charge in [-0.15, -0.1) is 0 Å². The van der Waals surface area contributed by atoms with Gasteiger partial charge in [0.15, 0.2) is 0 Å². The molecule has 20 nitrogen and oxygen atoms in total. The molecule has 20 heteroatoms. The predicted molar refractivity (Wildman–Crippen MR) is 253 cm³/mol. The molecule has 0 aromatic carbocycles. The number of nitrogens with zero attached hydrogens (tertiary/aromatic N) is 6. The third-order valence-electron chi connectivity index (χ3n) is 13.3. The molecule has 3 saturated heterocycles. The zero-order valence-electron chi connectivity index (χ0n) is 41.2. The molecule has 0 aromatic rings. The summed E-state index contributed by atoms with van der Waals surface area (Å²) in [5, 5.41) is 10.9. The van der Waals surface area contributed by atoms with Gasteiger partial charge in [-0.2, -0.15) is 0 Å². The number of ketones is 1. The summed E-state index contributed by atoms with van der Waals surface area (Å²) in [6, 6.07) is -1.56. The van der Waals surface area contributed by atoms with E-state index in [0.29, 0.717) is 77.5 Å². The van der Waals surface area contributed by atoms with E-state index in [9.17, 15) is 47.9 Å². The molecular formula is C48H76N10O10. The Balaban J connectivity index is 1.22. The normalized spacial score (nSPS) is 20.9. The van der Waals surface area contributed by atoms with Crippen molar-refractivity contribution in [2.24, 2.45) is 5.92 Å². The Hall–Kier alpha value is -5.66. The Morgan fingerprint density at radius 3 is 1.56 bits per heavy atom. The Morgan fingerprint density at radius 1 is 0.588 bits per heavy atom. The van der Waals surface area contributed by atoms with Gasteiger partial charge in [0.05, 0.1) is 51.2 Å². The quantitative estimate of drug-likeness (QED) is 0.0949. The molecule has 4 fully saturated rings. The van der Waals surface area contributed by atoms with Crippen LogP contribution in [0.2, 0.25) is 0 Å². The topological polar surface area (TPSA) is 238 Å². The number of carbonyl (C=O) groups is 10. The van der Waals surface area contributed by atoms with Crippen molar-refractivity contribution in [2.45, 2.75) is 123 Å². The molecule has 4 aliphatic rings. The Morgan fingerprint density at radius 2 is 1.06 bits per heavy atom. The summed E-state index contributed by atoms with van der Waals surface area (Å²) in [4.78, 5) is 140. The van der Waals surface area contributed by atoms with Crippen LogP contribution in [0.25, 0.3) is 0 Å². The number of Topliss-reactive ketones (excluding diaryl/α,β-unsaturated/α-hetero) is 1. The van der Waals surface area contributed by atoms with E-state index in [-0.39, 0.29) is 100 Å². The lowest BCUT2D eigenvalue weighted by Crippen LogP contribution is -2.53. The molecule has 4 N–H and O–H groups in total. The van der Waals surface area contributed by atoms with Crippen molar-refractivity contribution in [1.29, 1.82) is 0 Å². The zero-order chi connectivity index (χ0) is 49.9. The second kappa shape index (κ2) is 27.4. The van der Waals surface area contributed by atoms with Gasteiger partial charge in [-0.3, -0.25) is 47.9 Å². The van der Waals surface area contributed by atoms with Crippen molar-refractivity contribution in [3.05, 3.63) is 23.3 Å². The van der Waals surface area contributed by atoms with Crippen LogP contribution in [-0.4, -0.2) is 199 Å². The van der Waals surface area contributed by atoms with Crippen molar-refractivity contribution in [1.82, 2.24) is 50.7 Å². The number of likely N-dealkylation sites (tertiary alicyclic amines) is 3. The summed E-state index contributed by atoms with van der Waals surface area (Å²) in [6.45, 7) is 9.81. The molecule has 0 aromatic heterocycles. The molecule has 0 bridgehead atoms. The van der Waals surface area contributed by atoms with Gasteiger partial charge in [0.25, 0.3) is 0 Å². The number of allylic oxidation sites excluding steroid dienone is 1. The average Bonchev–Trinajstić information content (AvgIpc) is 4.17. The number of rotatable bonds is 24. The van der Waals surface area contributed by atoms with Crippen molar-refractivity contribution < 1.29 is 47.9 Å². The molecule has 4 rings (SSSR count). The molecule has 68 heavy (non-hydrogen) atoms. The van der Waals surface area contributed by atoms with Crippen LogP contribution in [0.1, 0.15) is 105 Å². The molecule has 3 heterocycles. The van der Waals surface area contributed by atoms with Crippen LogP contribution >= 0.6 is 0 Å². The lowest BCUT2D eigenvalue weighted by molar-refractivity contribution is -0.145. The van der Waals surface area contributed by atoms with E-state index in [0.717, 1.165) is 30.4 Å². The fourth-order valence-electron chi connectivity index (χ4n) is 9.68. The first-order valence-corrected chi connectivity index (χ1v) is 24.6. The second-order valence-electron chi connectivity index (χ2n) is 18.0. The van der Waals surface area contributed by atoms with Crippen molar-refractivity contribution in [3.63, 3.8) is 0 Å². The highest BCUT2D eigenvalue weighted by atomic mass is 16.2. The highest BCUT2D eigenvalue weighted by Crippen LogP contribution is 2.32. The molecule has 378 valence electrons. The maximum absolute atomic E-state index is 13.7. The first kappa shape index (κ1) is 54.9. The maximum Gasteiger partial charge on any atom is 0.245 e. The van der Waals surface area contributed by atoms with E-state index in [1.807, 2.05) is 19.1 Å². The number of nitrogens with one attached hydrogen (secondary N) is 4. The predicted octanol–water partition coefficient (Wildman–Crippen LogP) is 0.115. The summed E-state index contributed by atoms with van der Waals surface area (Å²) in [7, 11) is 1.67. The lowest BCUT2D eigenvalue weighted by atomic mass is 10.0. The molecule has 4 atom stereocenters. The molecule has 0 spiro atoms. The molecule has 1 aliphatic carbocycles. The summed E-state index contributed by atoms with van der Waals surface area (Å²) < 4.78 is 0. The highest BCUT2D eigenvalue weighted by molar-refractivity contribution is 5.95. The SMILES string of the molecule is CC/C(=C\[C@H]1CCCN1C(=O)CNC(=O)CN(CC)C(=O)[C@H]1CCCN1C(=O)CNC(=O)CN(CC)C(=O)[C@H]1CCC/C1=C\CNC(=O)CN(CC)C(=O)[C@H]1CCCN1C(=O)CNC)CC(C)=O. The van der Waals surface area contributed by atoms with Gasteiger partial charge in [-0.05, 0) is 99.0 Å². The van der Waals surface area contributed by atoms with Gasteiger partial charge < -0.3 is 50.7 Å². The van der Waals surface area contributed by atoms with E-state index in [1.165, 1.54) is 26.5 Å². The summed E-state index contributed by atoms with van der Waals surface area (Å²) >= 11 is 0. The van der Waals surface area contributed by atoms with Crippen LogP contribution in [0.3, 0.4) is 0 Å². The minimum atomic E-state index is -0.823. The van der Waals surface area contributed by atoms with Crippen LogP contribution in [-0.2, 0) is 47.9 Å². The maximum atomic E-state index is 13.7. The van der Waals surface area contributed by atoms with Crippen LogP contribution in [0.5, 0.6) is 0 Å². The Bertz CT molecular complexity index is 1920. The van der Waals surface area contributed by atoms with E-state index < -0.39 is 41.6 Å². The van der Waals surface area contributed by atoms with Crippen LogP contribution < -0.4 is 21.3 Å². The standard InChI is InChI=1S/C48H76N10O10/c1-7-34(25-33(5)59)26-36-16-12-22-56(36)44(64)28-51-42(62)32-55(10-4)48(68)39-19-14-24-58(39)45(65)29-52-41(61)31-53(8-2)46(66)37-17-11-15-35(37)20-21-50-40(60)30-54(9-3)47(67)38-18-13-23-57(38)43(63)27-49-6/h20,26,36-39,49H,7-19,21-25,27-32H2,1-6H3,(H,50,60)(H,51,62)(H,52,61)/b34-26+,35-20+/t36-,37+,38-,39-/m1/s1. The molecule has 9 amide bonds. The van der Waals surface area contributed by atoms with Crippen molar-refractivity contribution >= 4 is 58.9 Å². The molecule has 3 aliphatic heterocycles. The van der Waals surface area contributed by atoms with Gasteiger partial charge in [0, 0.05) is 52.2 Å². The van der Waals surface area contributed by atoms with Gasteiger partial charge >= 0.3 is 0 Å². The van der Waals surface area contributed by atoms with Crippen LogP contribution in [0.15, 0.2) is 23.3 Å². The summed E-state index contributed by atoms with van der Waals surface area (Å²) in [5.74, 6) is -3.58. The first-order chi connectivity index (χ1) is 32.6. The highest BCUT2D eigenvalue weighted by Gasteiger charge is 2.39. The van der Waals surface area contributed by atoms with E-state index in [4.69, 9.17) is 0 Å². The fraction of sp³-hybridized carbons (Fsp3) is 0.708. The monoisotopic (exact) mass is 953 g/mol. The van der Waals surface area contributed by atoms with E-state index >= 15 is 0 Å². The smallest absolute Gasteiger partial charge is 0.245 e. The molecule has 0 unspecified atom stereocenters. The average molecular weight is 953 g/mol. The number of amides is 9. The van der Waals surface area contributed by atoms with E-state index in [2.05, 4.69) is 21.3 Å². The van der Waals surface area contributed by atoms with Gasteiger partial charge in [0.2, 0.25) is 53.2 Å². The third-order valence-corrected chi connectivity index (χ3v) is 13.3. The Labute approximate surface area is 401 Å². The van der Waals surface area contributed by atoms with Crippen molar-refractivity contribution in [2.75, 3.05) is 92.1 Å². The Kier molecular flexibility index (Phi) is 22.1. The van der Waals surface area contributed by atoms with Gasteiger partial charge in [0.1, 0.15) is 17.9 Å². The molecule has 1 saturated carbocycles. The first-order valence-electron chi connectivity index (χ1n) is 24.6. The number of likely N-dealkylation sites (N-methyl/N-ethyl adjacent to an activating group) is 4. The largest absolute Gasteiger partial charge is 0.351 e. The summed E-state index contributed by atoms with van der Waals surface area (Å²) in [6.07, 6.45) is 10.6. The van der Waals surface area contributed by atoms with E-state index in [1.54, 1.807) is 37.6 Å². The van der Waals surface area contributed by atoms with Crippen LogP contribution in [0, 0.1) is 5.92 Å². The minimum absolute atomic E-state index is 0.0607. The lowest BCUT2D eigenvalue weighted by Gasteiger charge is -2.30. The van der Waals surface area contributed by atoms with Crippen LogP contribution in [0.4, 0.5) is 0 Å². The fourth-order valence-corrected chi connectivity index (χ4v) is 9.68. The third kappa shape index (κ3) is 15.4. The second-order valence-corrected chi connectivity index (χ2v) is 18.0. The number of carbonyl (C=O) groups excluding carboxylic acids is 10. The molecule has 0 radical (unpaired) electrons.